The summed E-state index contributed by atoms with van der Waals surface area (Å²) in [6.07, 6.45) is 0. The van der Waals surface area contributed by atoms with Crippen molar-refractivity contribution in [3.05, 3.63) is 28.0 Å². The number of esters is 1. The van der Waals surface area contributed by atoms with Crippen LogP contribution in [0.5, 0.6) is 0 Å². The lowest BCUT2D eigenvalue weighted by Gasteiger charge is -1.98. The molecule has 0 saturated heterocycles. The maximum absolute atomic E-state index is 10.9. The minimum atomic E-state index is -0.556. The number of carbonyl (C=O) groups excluding carboxylic acids is 1. The predicted octanol–water partition coefficient (Wildman–Crippen LogP) is 3.20. The normalized spacial score (nSPS) is 8.64. The van der Waals surface area contributed by atoms with Crippen LogP contribution < -0.4 is 0 Å². The van der Waals surface area contributed by atoms with E-state index in [-0.39, 0.29) is 10.8 Å². The zero-order chi connectivity index (χ0) is 11.1. The second kappa shape index (κ2) is 6.62. The fraction of sp³-hybridized carbons (Fsp3) is 0.333. The van der Waals surface area contributed by atoms with E-state index >= 15 is 0 Å². The molecular weight excluding hydrogens is 225 g/mol. The highest BCUT2D eigenvalue weighted by Crippen LogP contribution is 2.15. The molecule has 0 radical (unpaired) electrons. The Labute approximate surface area is 93.0 Å². The number of nitrogens with zero attached hydrogens (tertiary/aromatic N) is 1. The number of pyridine rings is 1. The van der Waals surface area contributed by atoms with Crippen LogP contribution in [0.3, 0.4) is 0 Å². The Morgan fingerprint density at radius 3 is 2.36 bits per heavy atom. The fourth-order valence-corrected chi connectivity index (χ4v) is 1.15. The van der Waals surface area contributed by atoms with Gasteiger partial charge in [0.25, 0.3) is 0 Å². The zero-order valence-corrected chi connectivity index (χ0v) is 9.69. The van der Waals surface area contributed by atoms with Crippen LogP contribution in [0, 0.1) is 0 Å². The number of aromatic nitrogens is 1. The molecule has 0 saturated carbocycles. The Morgan fingerprint density at radius 2 is 1.93 bits per heavy atom. The van der Waals surface area contributed by atoms with Gasteiger partial charge in [-0.1, -0.05) is 37.0 Å². The number of ether oxygens (including phenoxy) is 1. The van der Waals surface area contributed by atoms with Gasteiger partial charge in [0.2, 0.25) is 0 Å². The topological polar surface area (TPSA) is 39.2 Å². The van der Waals surface area contributed by atoms with Crippen LogP contribution in [-0.2, 0) is 4.74 Å². The Hall–Kier alpha value is -0.800. The van der Waals surface area contributed by atoms with Crippen LogP contribution in [0.25, 0.3) is 0 Å². The number of halogens is 2. The third kappa shape index (κ3) is 3.94. The molecule has 0 aliphatic heterocycles. The van der Waals surface area contributed by atoms with Gasteiger partial charge in [0.15, 0.2) is 5.69 Å². The highest BCUT2D eigenvalue weighted by Gasteiger charge is 2.08. The summed E-state index contributed by atoms with van der Waals surface area (Å²) in [4.78, 5) is 14.6. The van der Waals surface area contributed by atoms with E-state index in [4.69, 9.17) is 23.2 Å². The Kier molecular flexibility index (Phi) is 6.25. The van der Waals surface area contributed by atoms with Crippen LogP contribution in [-0.4, -0.2) is 18.1 Å². The molecule has 3 nitrogen and oxygen atoms in total. The molecule has 14 heavy (non-hydrogen) atoms. The van der Waals surface area contributed by atoms with Gasteiger partial charge in [0.1, 0.15) is 5.15 Å². The summed E-state index contributed by atoms with van der Waals surface area (Å²) in [5, 5.41) is 0.526. The smallest absolute Gasteiger partial charge is 0.356 e. The molecule has 1 aromatic heterocycles. The van der Waals surface area contributed by atoms with Gasteiger partial charge in [-0.3, -0.25) is 0 Å². The van der Waals surface area contributed by atoms with Crippen molar-refractivity contribution in [1.29, 1.82) is 0 Å². The van der Waals surface area contributed by atoms with Gasteiger partial charge in [-0.2, -0.15) is 0 Å². The van der Waals surface area contributed by atoms with E-state index in [1.54, 1.807) is 0 Å². The molecule has 1 aromatic rings. The third-order valence-electron chi connectivity index (χ3n) is 1.15. The number of hydrogen-bond acceptors (Lipinski definition) is 3. The van der Waals surface area contributed by atoms with Crippen LogP contribution >= 0.6 is 23.2 Å². The van der Waals surface area contributed by atoms with Crippen molar-refractivity contribution in [2.45, 2.75) is 13.8 Å². The quantitative estimate of drug-likeness (QED) is 0.555. The van der Waals surface area contributed by atoms with Crippen molar-refractivity contribution in [3.63, 3.8) is 0 Å². The minimum Gasteiger partial charge on any atom is -0.464 e. The summed E-state index contributed by atoms with van der Waals surface area (Å²) in [6.45, 7) is 4.00. The molecule has 0 N–H and O–H groups in total. The lowest BCUT2D eigenvalue weighted by Crippen LogP contribution is -2.03. The molecule has 1 rings (SSSR count). The Balaban J connectivity index is 0.000000791. The van der Waals surface area contributed by atoms with Crippen LogP contribution in [0.15, 0.2) is 12.1 Å². The van der Waals surface area contributed by atoms with Gasteiger partial charge in [-0.05, 0) is 12.1 Å². The third-order valence-corrected chi connectivity index (χ3v) is 1.57. The first-order valence-corrected chi connectivity index (χ1v) is 4.80. The SMILES string of the molecule is CC.COC(=O)c1cc(Cl)cc(Cl)n1. The van der Waals surface area contributed by atoms with Crippen LogP contribution in [0.4, 0.5) is 0 Å². The van der Waals surface area contributed by atoms with E-state index in [1.807, 2.05) is 13.8 Å². The van der Waals surface area contributed by atoms with Gasteiger partial charge in [-0.15, -0.1) is 0 Å². The molecule has 0 amide bonds. The van der Waals surface area contributed by atoms with Crippen molar-refractivity contribution in [2.75, 3.05) is 7.11 Å². The molecule has 0 fully saturated rings. The number of rotatable bonds is 1. The van der Waals surface area contributed by atoms with E-state index in [0.717, 1.165) is 0 Å². The van der Waals surface area contributed by atoms with Gasteiger partial charge in [-0.25, -0.2) is 9.78 Å². The van der Waals surface area contributed by atoms with E-state index in [0.29, 0.717) is 5.02 Å². The molecule has 0 spiro atoms. The summed E-state index contributed by atoms with van der Waals surface area (Å²) in [5.41, 5.74) is 0.106. The maximum Gasteiger partial charge on any atom is 0.356 e. The molecule has 0 aromatic carbocycles. The number of carbonyl (C=O) groups is 1. The minimum absolute atomic E-state index is 0.106. The monoisotopic (exact) mass is 235 g/mol. The number of hydrogen-bond donors (Lipinski definition) is 0. The molecule has 0 bridgehead atoms. The average Bonchev–Trinajstić information content (AvgIpc) is 2.18. The van der Waals surface area contributed by atoms with Crippen LogP contribution in [0.2, 0.25) is 10.2 Å². The molecule has 78 valence electrons. The van der Waals surface area contributed by atoms with E-state index in [2.05, 4.69) is 9.72 Å². The maximum atomic E-state index is 10.9. The molecule has 0 atom stereocenters. The Morgan fingerprint density at radius 1 is 1.36 bits per heavy atom. The average molecular weight is 236 g/mol. The second-order valence-electron chi connectivity index (χ2n) is 1.98. The van der Waals surface area contributed by atoms with E-state index < -0.39 is 5.97 Å². The molecular formula is C9H11Cl2NO2. The first-order chi connectivity index (χ1) is 6.63. The molecule has 0 unspecified atom stereocenters. The summed E-state index contributed by atoms with van der Waals surface area (Å²) in [6, 6.07) is 2.83. The van der Waals surface area contributed by atoms with Crippen molar-refractivity contribution >= 4 is 29.2 Å². The van der Waals surface area contributed by atoms with E-state index in [9.17, 15) is 4.79 Å². The predicted molar refractivity (Wildman–Crippen MR) is 56.9 cm³/mol. The first kappa shape index (κ1) is 13.2. The van der Waals surface area contributed by atoms with Crippen LogP contribution in [0.1, 0.15) is 24.3 Å². The lowest BCUT2D eigenvalue weighted by atomic mass is 10.3. The van der Waals surface area contributed by atoms with Crippen molar-refractivity contribution in [2.24, 2.45) is 0 Å². The van der Waals surface area contributed by atoms with Gasteiger partial charge < -0.3 is 4.74 Å². The molecule has 1 heterocycles. The van der Waals surface area contributed by atoms with Crippen molar-refractivity contribution < 1.29 is 9.53 Å². The molecule has 5 heteroatoms. The fourth-order valence-electron chi connectivity index (χ4n) is 0.675. The van der Waals surface area contributed by atoms with E-state index in [1.165, 1.54) is 19.2 Å². The largest absolute Gasteiger partial charge is 0.464 e. The van der Waals surface area contributed by atoms with Gasteiger partial charge in [0.05, 0.1) is 7.11 Å². The molecule has 0 aliphatic carbocycles. The summed E-state index contributed by atoms with van der Waals surface area (Å²) >= 11 is 11.2. The summed E-state index contributed by atoms with van der Waals surface area (Å²) in [5.74, 6) is -0.556. The molecule has 0 aliphatic rings. The zero-order valence-electron chi connectivity index (χ0n) is 8.17. The highest BCUT2D eigenvalue weighted by molar-refractivity contribution is 6.34. The number of methoxy groups -OCH3 is 1. The van der Waals surface area contributed by atoms with Gasteiger partial charge >= 0.3 is 5.97 Å². The summed E-state index contributed by atoms with van der Waals surface area (Å²) in [7, 11) is 1.26. The van der Waals surface area contributed by atoms with Crippen molar-refractivity contribution in [3.8, 4) is 0 Å². The standard InChI is InChI=1S/C7H5Cl2NO2.C2H6/c1-12-7(11)5-2-4(8)3-6(9)10-5;1-2/h2-3H,1H3;1-2H3. The first-order valence-electron chi connectivity index (χ1n) is 4.05. The summed E-state index contributed by atoms with van der Waals surface area (Å²) < 4.78 is 4.43. The lowest BCUT2D eigenvalue weighted by molar-refractivity contribution is 0.0594. The van der Waals surface area contributed by atoms with Crippen molar-refractivity contribution in [1.82, 2.24) is 4.98 Å². The van der Waals surface area contributed by atoms with Gasteiger partial charge in [0, 0.05) is 5.02 Å². The highest BCUT2D eigenvalue weighted by atomic mass is 35.5. The second-order valence-corrected chi connectivity index (χ2v) is 2.81. The Bertz CT molecular complexity index is 295.